The molecule has 1 fully saturated rings. The van der Waals surface area contributed by atoms with Gasteiger partial charge in [0.15, 0.2) is 0 Å². The average molecular weight is 227 g/mol. The van der Waals surface area contributed by atoms with E-state index >= 15 is 0 Å². The summed E-state index contributed by atoms with van der Waals surface area (Å²) < 4.78 is 5.71. The van der Waals surface area contributed by atoms with Crippen LogP contribution in [-0.4, -0.2) is 19.8 Å². The van der Waals surface area contributed by atoms with Gasteiger partial charge >= 0.3 is 0 Å². The fourth-order valence-electron chi connectivity index (χ4n) is 2.64. The second-order valence-electron chi connectivity index (χ2n) is 5.84. The van der Waals surface area contributed by atoms with Gasteiger partial charge in [-0.25, -0.2) is 0 Å². The third-order valence-corrected chi connectivity index (χ3v) is 3.83. The Kier molecular flexibility index (Phi) is 6.37. The monoisotopic (exact) mass is 227 g/mol. The Morgan fingerprint density at radius 1 is 1.12 bits per heavy atom. The normalized spacial score (nSPS) is 21.0. The minimum atomic E-state index is 0.396. The van der Waals surface area contributed by atoms with Crippen molar-refractivity contribution in [3.63, 3.8) is 0 Å². The van der Waals surface area contributed by atoms with Crippen molar-refractivity contribution in [1.29, 1.82) is 0 Å². The van der Waals surface area contributed by atoms with Crippen LogP contribution in [0.4, 0.5) is 0 Å². The van der Waals surface area contributed by atoms with Crippen LogP contribution < -0.4 is 5.73 Å². The van der Waals surface area contributed by atoms with Crippen molar-refractivity contribution in [3.8, 4) is 0 Å². The second kappa shape index (κ2) is 7.29. The lowest BCUT2D eigenvalue weighted by Crippen LogP contribution is -2.31. The zero-order valence-corrected chi connectivity index (χ0v) is 11.1. The maximum atomic E-state index is 5.99. The number of hydrogen-bond donors (Lipinski definition) is 1. The topological polar surface area (TPSA) is 35.2 Å². The van der Waals surface area contributed by atoms with Gasteiger partial charge in [0.1, 0.15) is 0 Å². The van der Waals surface area contributed by atoms with E-state index in [2.05, 4.69) is 13.8 Å². The molecule has 1 aliphatic carbocycles. The first-order valence-electron chi connectivity index (χ1n) is 6.96. The van der Waals surface area contributed by atoms with Crippen molar-refractivity contribution in [1.82, 2.24) is 0 Å². The highest BCUT2D eigenvalue weighted by Gasteiger charge is 2.28. The van der Waals surface area contributed by atoms with Crippen LogP contribution in [0.3, 0.4) is 0 Å². The molecular formula is C14H29NO. The molecule has 2 N–H and O–H groups in total. The van der Waals surface area contributed by atoms with Gasteiger partial charge in [-0.15, -0.1) is 0 Å². The molecule has 0 unspecified atom stereocenters. The van der Waals surface area contributed by atoms with Crippen LogP contribution in [0.5, 0.6) is 0 Å². The Bertz CT molecular complexity index is 172. The van der Waals surface area contributed by atoms with Crippen molar-refractivity contribution < 1.29 is 4.74 Å². The minimum Gasteiger partial charge on any atom is -0.381 e. The van der Waals surface area contributed by atoms with Crippen LogP contribution in [0.15, 0.2) is 0 Å². The molecule has 0 aliphatic heterocycles. The molecule has 0 spiro atoms. The van der Waals surface area contributed by atoms with E-state index in [1.807, 2.05) is 0 Å². The Morgan fingerprint density at radius 2 is 1.75 bits per heavy atom. The van der Waals surface area contributed by atoms with Gasteiger partial charge in [0.25, 0.3) is 0 Å². The molecule has 0 aromatic rings. The summed E-state index contributed by atoms with van der Waals surface area (Å²) in [6.07, 6.45) is 9.31. The van der Waals surface area contributed by atoms with Gasteiger partial charge < -0.3 is 10.5 Å². The quantitative estimate of drug-likeness (QED) is 0.558. The maximum absolute atomic E-state index is 5.99. The molecule has 16 heavy (non-hydrogen) atoms. The smallest absolute Gasteiger partial charge is 0.0488 e. The van der Waals surface area contributed by atoms with Gasteiger partial charge in [-0.3, -0.25) is 0 Å². The van der Waals surface area contributed by atoms with E-state index in [-0.39, 0.29) is 0 Å². The van der Waals surface area contributed by atoms with Gasteiger partial charge in [-0.05, 0) is 37.1 Å². The van der Waals surface area contributed by atoms with Crippen molar-refractivity contribution in [2.24, 2.45) is 17.1 Å². The molecule has 0 aromatic heterocycles. The van der Waals surface area contributed by atoms with Crippen LogP contribution in [0, 0.1) is 11.3 Å². The SMILES string of the molecule is CC(C)COCCC1(CN)CCCCCC1. The second-order valence-corrected chi connectivity index (χ2v) is 5.84. The van der Waals surface area contributed by atoms with E-state index in [4.69, 9.17) is 10.5 Å². The molecule has 96 valence electrons. The summed E-state index contributed by atoms with van der Waals surface area (Å²) in [6, 6.07) is 0. The minimum absolute atomic E-state index is 0.396. The van der Waals surface area contributed by atoms with E-state index in [0.29, 0.717) is 11.3 Å². The van der Waals surface area contributed by atoms with E-state index in [9.17, 15) is 0 Å². The molecule has 2 nitrogen and oxygen atoms in total. The summed E-state index contributed by atoms with van der Waals surface area (Å²) in [6.45, 7) is 7.03. The summed E-state index contributed by atoms with van der Waals surface area (Å²) in [5, 5.41) is 0. The summed E-state index contributed by atoms with van der Waals surface area (Å²) in [5.41, 5.74) is 6.39. The predicted octanol–water partition coefficient (Wildman–Crippen LogP) is 3.35. The first-order chi connectivity index (χ1) is 7.68. The van der Waals surface area contributed by atoms with Crippen molar-refractivity contribution in [3.05, 3.63) is 0 Å². The summed E-state index contributed by atoms with van der Waals surface area (Å²) in [7, 11) is 0. The van der Waals surface area contributed by atoms with E-state index < -0.39 is 0 Å². The molecule has 1 saturated carbocycles. The highest BCUT2D eigenvalue weighted by molar-refractivity contribution is 4.82. The molecule has 2 heteroatoms. The summed E-state index contributed by atoms with van der Waals surface area (Å²) >= 11 is 0. The molecular weight excluding hydrogens is 198 g/mol. The fourth-order valence-corrected chi connectivity index (χ4v) is 2.64. The van der Waals surface area contributed by atoms with Gasteiger partial charge in [0.05, 0.1) is 0 Å². The lowest BCUT2D eigenvalue weighted by molar-refractivity contribution is 0.0726. The molecule has 0 radical (unpaired) electrons. The predicted molar refractivity (Wildman–Crippen MR) is 69.5 cm³/mol. The standard InChI is InChI=1S/C14H29NO/c1-13(2)11-16-10-9-14(12-15)7-5-3-4-6-8-14/h13H,3-12,15H2,1-2H3. The van der Waals surface area contributed by atoms with Crippen molar-refractivity contribution >= 4 is 0 Å². The number of ether oxygens (including phenoxy) is 1. The van der Waals surface area contributed by atoms with E-state index in [1.54, 1.807) is 0 Å². The largest absolute Gasteiger partial charge is 0.381 e. The van der Waals surface area contributed by atoms with Crippen LogP contribution in [0.1, 0.15) is 58.8 Å². The lowest BCUT2D eigenvalue weighted by atomic mass is 9.78. The molecule has 0 heterocycles. The highest BCUT2D eigenvalue weighted by atomic mass is 16.5. The van der Waals surface area contributed by atoms with Gasteiger partial charge in [0, 0.05) is 13.2 Å². The maximum Gasteiger partial charge on any atom is 0.0488 e. The molecule has 0 bridgehead atoms. The van der Waals surface area contributed by atoms with Crippen molar-refractivity contribution in [2.45, 2.75) is 58.8 Å². The van der Waals surface area contributed by atoms with Gasteiger partial charge in [-0.2, -0.15) is 0 Å². The van der Waals surface area contributed by atoms with E-state index in [1.165, 1.54) is 38.5 Å². The average Bonchev–Trinajstić information content (AvgIpc) is 2.50. The lowest BCUT2D eigenvalue weighted by Gasteiger charge is -2.31. The Hall–Kier alpha value is -0.0800. The molecule has 1 aliphatic rings. The molecule has 0 atom stereocenters. The number of rotatable bonds is 6. The van der Waals surface area contributed by atoms with Gasteiger partial charge in [-0.1, -0.05) is 39.5 Å². The van der Waals surface area contributed by atoms with Crippen LogP contribution in [0.2, 0.25) is 0 Å². The van der Waals surface area contributed by atoms with Crippen LogP contribution in [-0.2, 0) is 4.74 Å². The van der Waals surface area contributed by atoms with Crippen LogP contribution in [0.25, 0.3) is 0 Å². The van der Waals surface area contributed by atoms with Crippen LogP contribution >= 0.6 is 0 Å². The third-order valence-electron chi connectivity index (χ3n) is 3.83. The first kappa shape index (κ1) is 14.0. The van der Waals surface area contributed by atoms with E-state index in [0.717, 1.165) is 26.2 Å². The Labute approximate surface area is 101 Å². The molecule has 0 aromatic carbocycles. The van der Waals surface area contributed by atoms with Crippen molar-refractivity contribution in [2.75, 3.05) is 19.8 Å². The zero-order valence-electron chi connectivity index (χ0n) is 11.1. The first-order valence-corrected chi connectivity index (χ1v) is 6.96. The molecule has 1 rings (SSSR count). The third kappa shape index (κ3) is 4.84. The summed E-state index contributed by atoms with van der Waals surface area (Å²) in [4.78, 5) is 0. The fraction of sp³-hybridized carbons (Fsp3) is 1.00. The Balaban J connectivity index is 2.28. The van der Waals surface area contributed by atoms with Gasteiger partial charge in [0.2, 0.25) is 0 Å². The number of hydrogen-bond acceptors (Lipinski definition) is 2. The zero-order chi connectivity index (χ0) is 11.9. The molecule has 0 saturated heterocycles. The summed E-state index contributed by atoms with van der Waals surface area (Å²) in [5.74, 6) is 0.642. The molecule has 0 amide bonds. The highest BCUT2D eigenvalue weighted by Crippen LogP contribution is 2.37. The Morgan fingerprint density at radius 3 is 2.25 bits per heavy atom. The number of nitrogens with two attached hydrogens (primary N) is 1.